The first-order valence-corrected chi connectivity index (χ1v) is 6.90. The van der Waals surface area contributed by atoms with E-state index in [9.17, 15) is 0 Å². The molecule has 1 atom stereocenters. The summed E-state index contributed by atoms with van der Waals surface area (Å²) in [5, 5.41) is 3.48. The van der Waals surface area contributed by atoms with Crippen molar-refractivity contribution < 1.29 is 4.74 Å². The highest BCUT2D eigenvalue weighted by molar-refractivity contribution is 5.17. The van der Waals surface area contributed by atoms with Gasteiger partial charge in [-0.25, -0.2) is 0 Å². The molecule has 3 rings (SSSR count). The minimum atomic E-state index is 0.474. The van der Waals surface area contributed by atoms with Crippen molar-refractivity contribution in [2.45, 2.75) is 25.4 Å². The van der Waals surface area contributed by atoms with Gasteiger partial charge in [0, 0.05) is 31.9 Å². The summed E-state index contributed by atoms with van der Waals surface area (Å²) in [5.74, 6) is 0. The Morgan fingerprint density at radius 3 is 2.89 bits per heavy atom. The maximum Gasteiger partial charge on any atom is 0.0594 e. The predicted molar refractivity (Wildman–Crippen MR) is 70.3 cm³/mol. The second-order valence-electron chi connectivity index (χ2n) is 5.13. The first-order chi connectivity index (χ1) is 8.92. The standard InChI is InChI=1S/C14H21N3O/c1-2-13(15-5-1)14-4-3-12(10-16-14)11-17-6-8-18-9-7-17/h3-4,10,13,15H,1-2,5-9,11H2/t13-/m1/s1. The SMILES string of the molecule is c1cc([C@H]2CCCN2)ncc1CN1CCOCC1. The summed E-state index contributed by atoms with van der Waals surface area (Å²) < 4.78 is 5.36. The number of nitrogens with one attached hydrogen (secondary N) is 1. The minimum Gasteiger partial charge on any atom is -0.379 e. The third-order valence-corrected chi connectivity index (χ3v) is 3.77. The summed E-state index contributed by atoms with van der Waals surface area (Å²) in [4.78, 5) is 7.03. The number of aromatic nitrogens is 1. The van der Waals surface area contributed by atoms with E-state index < -0.39 is 0 Å². The van der Waals surface area contributed by atoms with Crippen molar-refractivity contribution >= 4 is 0 Å². The zero-order valence-corrected chi connectivity index (χ0v) is 10.8. The molecule has 1 aromatic heterocycles. The van der Waals surface area contributed by atoms with Crippen LogP contribution in [0.25, 0.3) is 0 Å². The molecule has 0 aromatic carbocycles. The Morgan fingerprint density at radius 1 is 1.33 bits per heavy atom. The highest BCUT2D eigenvalue weighted by Crippen LogP contribution is 2.21. The molecule has 4 heteroatoms. The number of morpholine rings is 1. The largest absolute Gasteiger partial charge is 0.379 e. The van der Waals surface area contributed by atoms with Crippen molar-refractivity contribution in [1.29, 1.82) is 0 Å². The first-order valence-electron chi connectivity index (χ1n) is 6.90. The van der Waals surface area contributed by atoms with Crippen LogP contribution in [0.5, 0.6) is 0 Å². The van der Waals surface area contributed by atoms with E-state index in [4.69, 9.17) is 4.74 Å². The summed E-state index contributed by atoms with van der Waals surface area (Å²) in [6.07, 6.45) is 4.52. The summed E-state index contributed by atoms with van der Waals surface area (Å²) in [6.45, 7) is 5.91. The van der Waals surface area contributed by atoms with E-state index in [1.165, 1.54) is 24.1 Å². The molecule has 2 aliphatic rings. The van der Waals surface area contributed by atoms with Crippen molar-refractivity contribution in [1.82, 2.24) is 15.2 Å². The Labute approximate surface area is 108 Å². The molecule has 2 aliphatic heterocycles. The number of nitrogens with zero attached hydrogens (tertiary/aromatic N) is 2. The molecule has 98 valence electrons. The Hall–Kier alpha value is -0.970. The average molecular weight is 247 g/mol. The van der Waals surface area contributed by atoms with Crippen molar-refractivity contribution in [3.8, 4) is 0 Å². The number of hydrogen-bond donors (Lipinski definition) is 1. The maximum atomic E-state index is 5.36. The summed E-state index contributed by atoms with van der Waals surface area (Å²) >= 11 is 0. The molecule has 0 radical (unpaired) electrons. The van der Waals surface area contributed by atoms with E-state index in [2.05, 4.69) is 27.3 Å². The van der Waals surface area contributed by atoms with Gasteiger partial charge in [0.25, 0.3) is 0 Å². The third-order valence-electron chi connectivity index (χ3n) is 3.77. The van der Waals surface area contributed by atoms with Crippen LogP contribution in [0.15, 0.2) is 18.3 Å². The van der Waals surface area contributed by atoms with Crippen LogP contribution in [0.2, 0.25) is 0 Å². The number of rotatable bonds is 3. The lowest BCUT2D eigenvalue weighted by molar-refractivity contribution is 0.0341. The van der Waals surface area contributed by atoms with Gasteiger partial charge in [-0.15, -0.1) is 0 Å². The van der Waals surface area contributed by atoms with Gasteiger partial charge in [0.1, 0.15) is 0 Å². The summed E-state index contributed by atoms with van der Waals surface area (Å²) in [5.41, 5.74) is 2.50. The van der Waals surface area contributed by atoms with Gasteiger partial charge >= 0.3 is 0 Å². The molecule has 1 N–H and O–H groups in total. The molecule has 0 amide bonds. The van der Waals surface area contributed by atoms with E-state index in [0.717, 1.165) is 39.4 Å². The molecule has 18 heavy (non-hydrogen) atoms. The van der Waals surface area contributed by atoms with Crippen LogP contribution in [0.3, 0.4) is 0 Å². The molecule has 0 spiro atoms. The molecule has 0 unspecified atom stereocenters. The van der Waals surface area contributed by atoms with Gasteiger partial charge in [-0.1, -0.05) is 6.07 Å². The van der Waals surface area contributed by atoms with Gasteiger partial charge in [-0.3, -0.25) is 9.88 Å². The molecule has 0 bridgehead atoms. The molecule has 0 saturated carbocycles. The third kappa shape index (κ3) is 2.88. The summed E-state index contributed by atoms with van der Waals surface area (Å²) in [7, 11) is 0. The van der Waals surface area contributed by atoms with Crippen LogP contribution in [-0.4, -0.2) is 42.7 Å². The monoisotopic (exact) mass is 247 g/mol. The topological polar surface area (TPSA) is 37.4 Å². The van der Waals surface area contributed by atoms with Gasteiger partial charge in [-0.2, -0.15) is 0 Å². The molecule has 0 aliphatic carbocycles. The molecular weight excluding hydrogens is 226 g/mol. The lowest BCUT2D eigenvalue weighted by Crippen LogP contribution is -2.35. The fourth-order valence-electron chi connectivity index (χ4n) is 2.69. The van der Waals surface area contributed by atoms with Crippen molar-refractivity contribution in [2.75, 3.05) is 32.8 Å². The van der Waals surface area contributed by atoms with E-state index in [0.29, 0.717) is 6.04 Å². The molecule has 3 heterocycles. The van der Waals surface area contributed by atoms with Crippen LogP contribution in [-0.2, 0) is 11.3 Å². The Morgan fingerprint density at radius 2 is 2.22 bits per heavy atom. The average Bonchev–Trinajstić information content (AvgIpc) is 2.95. The van der Waals surface area contributed by atoms with Gasteiger partial charge < -0.3 is 10.1 Å². The van der Waals surface area contributed by atoms with Crippen LogP contribution in [0, 0.1) is 0 Å². The lowest BCUT2D eigenvalue weighted by atomic mass is 10.1. The summed E-state index contributed by atoms with van der Waals surface area (Å²) in [6, 6.07) is 4.87. The minimum absolute atomic E-state index is 0.474. The van der Waals surface area contributed by atoms with Crippen LogP contribution in [0.4, 0.5) is 0 Å². The van der Waals surface area contributed by atoms with E-state index in [1.807, 2.05) is 6.20 Å². The van der Waals surface area contributed by atoms with Crippen LogP contribution < -0.4 is 5.32 Å². The molecular formula is C14H21N3O. The van der Waals surface area contributed by atoms with Crippen LogP contribution >= 0.6 is 0 Å². The van der Waals surface area contributed by atoms with Gasteiger partial charge in [-0.05, 0) is 31.0 Å². The van der Waals surface area contributed by atoms with Gasteiger partial charge in [0.2, 0.25) is 0 Å². The second-order valence-corrected chi connectivity index (χ2v) is 5.13. The lowest BCUT2D eigenvalue weighted by Gasteiger charge is -2.26. The normalized spacial score (nSPS) is 25.4. The first kappa shape index (κ1) is 12.1. The predicted octanol–water partition coefficient (Wildman–Crippen LogP) is 1.34. The zero-order valence-electron chi connectivity index (χ0n) is 10.8. The molecule has 2 fully saturated rings. The fourth-order valence-corrected chi connectivity index (χ4v) is 2.69. The molecule has 4 nitrogen and oxygen atoms in total. The Kier molecular flexibility index (Phi) is 3.88. The quantitative estimate of drug-likeness (QED) is 0.874. The Bertz CT molecular complexity index is 367. The van der Waals surface area contributed by atoms with E-state index >= 15 is 0 Å². The molecule has 2 saturated heterocycles. The van der Waals surface area contributed by atoms with Crippen molar-refractivity contribution in [3.05, 3.63) is 29.6 Å². The smallest absolute Gasteiger partial charge is 0.0594 e. The Balaban J connectivity index is 1.59. The molecule has 1 aromatic rings. The van der Waals surface area contributed by atoms with Gasteiger partial charge in [0.15, 0.2) is 0 Å². The fraction of sp³-hybridized carbons (Fsp3) is 0.643. The van der Waals surface area contributed by atoms with E-state index in [-0.39, 0.29) is 0 Å². The van der Waals surface area contributed by atoms with E-state index in [1.54, 1.807) is 0 Å². The van der Waals surface area contributed by atoms with Crippen molar-refractivity contribution in [3.63, 3.8) is 0 Å². The second kappa shape index (κ2) is 5.78. The highest BCUT2D eigenvalue weighted by Gasteiger charge is 2.17. The number of ether oxygens (including phenoxy) is 1. The zero-order chi connectivity index (χ0) is 12.2. The maximum absolute atomic E-state index is 5.36. The number of hydrogen-bond acceptors (Lipinski definition) is 4. The van der Waals surface area contributed by atoms with Gasteiger partial charge in [0.05, 0.1) is 18.9 Å². The number of pyridine rings is 1. The highest BCUT2D eigenvalue weighted by atomic mass is 16.5. The van der Waals surface area contributed by atoms with Crippen molar-refractivity contribution in [2.24, 2.45) is 0 Å². The van der Waals surface area contributed by atoms with Crippen LogP contribution in [0.1, 0.15) is 30.1 Å².